The summed E-state index contributed by atoms with van der Waals surface area (Å²) in [6, 6.07) is 17.9. The number of amides is 2. The van der Waals surface area contributed by atoms with Gasteiger partial charge in [-0.3, -0.25) is 13.9 Å². The Bertz CT molecular complexity index is 1480. The van der Waals surface area contributed by atoms with E-state index in [1.807, 2.05) is 52.0 Å². The minimum absolute atomic E-state index is 0.0116. The number of nitrogens with one attached hydrogen (secondary N) is 1. The summed E-state index contributed by atoms with van der Waals surface area (Å²) in [6.07, 6.45) is 2.07. The van der Waals surface area contributed by atoms with E-state index in [0.717, 1.165) is 33.8 Å². The van der Waals surface area contributed by atoms with Crippen molar-refractivity contribution in [1.82, 2.24) is 10.2 Å². The smallest absolute Gasteiger partial charge is 0.264 e. The first-order valence-electron chi connectivity index (χ1n) is 14.1. The molecule has 0 heterocycles. The molecule has 3 aromatic carbocycles. The van der Waals surface area contributed by atoms with Gasteiger partial charge in [0.2, 0.25) is 11.8 Å². The van der Waals surface area contributed by atoms with Crippen LogP contribution in [0.2, 0.25) is 5.02 Å². The van der Waals surface area contributed by atoms with Crippen molar-refractivity contribution in [2.75, 3.05) is 24.5 Å². The van der Waals surface area contributed by atoms with Gasteiger partial charge in [0.25, 0.3) is 10.0 Å². The number of rotatable bonds is 14. The summed E-state index contributed by atoms with van der Waals surface area (Å²) in [5.41, 5.74) is 2.85. The van der Waals surface area contributed by atoms with Gasteiger partial charge in [0.1, 0.15) is 18.3 Å². The number of carbonyl (C=O) groups excluding carboxylic acids is 2. The van der Waals surface area contributed by atoms with E-state index < -0.39 is 28.5 Å². The van der Waals surface area contributed by atoms with Gasteiger partial charge in [-0.05, 0) is 62.6 Å². The Labute approximate surface area is 254 Å². The van der Waals surface area contributed by atoms with Crippen LogP contribution >= 0.6 is 11.6 Å². The number of aryl methyl sites for hydroxylation is 2. The Kier molecular flexibility index (Phi) is 11.8. The number of methoxy groups -OCH3 is 1. The first-order chi connectivity index (χ1) is 20.0. The number of unbranched alkanes of at least 4 members (excludes halogenated alkanes) is 1. The van der Waals surface area contributed by atoms with E-state index in [9.17, 15) is 18.0 Å². The number of halogens is 1. The minimum atomic E-state index is -4.25. The lowest BCUT2D eigenvalue weighted by Gasteiger charge is -2.33. The molecule has 0 aromatic heterocycles. The molecule has 42 heavy (non-hydrogen) atoms. The SMILES string of the molecule is CCCCNC(=O)[C@H](CC)N(Cc1cccc(C)c1)C(=O)CN(c1cc(Cl)ccc1OC)S(=O)(=O)c1ccc(C)cc1. The van der Waals surface area contributed by atoms with Gasteiger partial charge >= 0.3 is 0 Å². The van der Waals surface area contributed by atoms with Crippen molar-refractivity contribution in [1.29, 1.82) is 0 Å². The fourth-order valence-electron chi connectivity index (χ4n) is 4.64. The van der Waals surface area contributed by atoms with Crippen LogP contribution < -0.4 is 14.4 Å². The van der Waals surface area contributed by atoms with Crippen LogP contribution in [0.3, 0.4) is 0 Å². The number of ether oxygens (including phenoxy) is 1. The molecule has 0 unspecified atom stereocenters. The van der Waals surface area contributed by atoms with Crippen LogP contribution in [0.5, 0.6) is 5.75 Å². The van der Waals surface area contributed by atoms with E-state index in [1.54, 1.807) is 24.3 Å². The summed E-state index contributed by atoms with van der Waals surface area (Å²) in [4.78, 5) is 29.0. The van der Waals surface area contributed by atoms with Gasteiger partial charge in [0, 0.05) is 18.1 Å². The van der Waals surface area contributed by atoms with Crippen molar-refractivity contribution >= 4 is 39.1 Å². The van der Waals surface area contributed by atoms with Gasteiger partial charge < -0.3 is 15.0 Å². The van der Waals surface area contributed by atoms with Crippen LogP contribution in [0, 0.1) is 13.8 Å². The highest BCUT2D eigenvalue weighted by atomic mass is 35.5. The molecule has 2 amide bonds. The van der Waals surface area contributed by atoms with E-state index >= 15 is 0 Å². The monoisotopic (exact) mass is 613 g/mol. The van der Waals surface area contributed by atoms with Crippen molar-refractivity contribution in [2.24, 2.45) is 0 Å². The minimum Gasteiger partial charge on any atom is -0.495 e. The Morgan fingerprint density at radius 2 is 1.69 bits per heavy atom. The Hall–Kier alpha value is -3.56. The van der Waals surface area contributed by atoms with Gasteiger partial charge in [-0.2, -0.15) is 0 Å². The summed E-state index contributed by atoms with van der Waals surface area (Å²) in [6.45, 7) is 7.73. The largest absolute Gasteiger partial charge is 0.495 e. The number of benzene rings is 3. The predicted octanol–water partition coefficient (Wildman–Crippen LogP) is 5.88. The highest BCUT2D eigenvalue weighted by Gasteiger charge is 2.34. The topological polar surface area (TPSA) is 96.0 Å². The van der Waals surface area contributed by atoms with E-state index in [1.165, 1.54) is 30.2 Å². The molecule has 0 fully saturated rings. The van der Waals surface area contributed by atoms with Gasteiger partial charge in [-0.15, -0.1) is 0 Å². The van der Waals surface area contributed by atoms with Crippen LogP contribution in [0.15, 0.2) is 71.6 Å². The molecule has 0 aliphatic rings. The first-order valence-corrected chi connectivity index (χ1v) is 15.9. The van der Waals surface area contributed by atoms with E-state index in [4.69, 9.17) is 16.3 Å². The van der Waals surface area contributed by atoms with E-state index in [2.05, 4.69) is 5.32 Å². The maximum Gasteiger partial charge on any atom is 0.264 e. The molecule has 0 radical (unpaired) electrons. The van der Waals surface area contributed by atoms with E-state index in [-0.39, 0.29) is 33.8 Å². The number of hydrogen-bond donors (Lipinski definition) is 1. The van der Waals surface area contributed by atoms with Gasteiger partial charge in [0.05, 0.1) is 17.7 Å². The third kappa shape index (κ3) is 8.26. The third-order valence-electron chi connectivity index (χ3n) is 6.95. The van der Waals surface area contributed by atoms with Crippen LogP contribution in [0.4, 0.5) is 5.69 Å². The zero-order valence-corrected chi connectivity index (χ0v) is 26.5. The zero-order valence-electron chi connectivity index (χ0n) is 24.9. The standard InChI is InChI=1S/C32H40ClN3O5S/c1-6-8-18-34-32(38)28(7-2)35(21-25-11-9-10-24(4)19-25)31(37)22-36(29-20-26(33)14-17-30(29)41-5)42(39,40)27-15-12-23(3)13-16-27/h9-17,19-20,28H,6-8,18,21-22H2,1-5H3,(H,34,38)/t28-/m0/s1. The summed E-state index contributed by atoms with van der Waals surface area (Å²) in [5, 5.41) is 3.22. The van der Waals surface area contributed by atoms with Crippen molar-refractivity contribution in [3.63, 3.8) is 0 Å². The Balaban J connectivity index is 2.11. The average Bonchev–Trinajstić information content (AvgIpc) is 2.96. The lowest BCUT2D eigenvalue weighted by atomic mass is 10.1. The molecular weight excluding hydrogens is 574 g/mol. The second-order valence-electron chi connectivity index (χ2n) is 10.2. The maximum absolute atomic E-state index is 14.2. The predicted molar refractivity (Wildman–Crippen MR) is 167 cm³/mol. The number of nitrogens with zero attached hydrogens (tertiary/aromatic N) is 2. The summed E-state index contributed by atoms with van der Waals surface area (Å²) in [5.74, 6) is -0.579. The molecule has 3 aromatic rings. The maximum atomic E-state index is 14.2. The molecule has 1 atom stereocenters. The van der Waals surface area contributed by atoms with Gasteiger partial charge in [-0.1, -0.05) is 79.4 Å². The van der Waals surface area contributed by atoms with E-state index in [0.29, 0.717) is 13.0 Å². The molecule has 10 heteroatoms. The summed E-state index contributed by atoms with van der Waals surface area (Å²) >= 11 is 6.31. The average molecular weight is 614 g/mol. The van der Waals surface area contributed by atoms with Gasteiger partial charge in [0.15, 0.2) is 0 Å². The van der Waals surface area contributed by atoms with Crippen molar-refractivity contribution in [3.05, 3.63) is 88.4 Å². The van der Waals surface area contributed by atoms with Crippen LogP contribution in [0.25, 0.3) is 0 Å². The summed E-state index contributed by atoms with van der Waals surface area (Å²) in [7, 11) is -2.83. The number of sulfonamides is 1. The molecule has 0 saturated heterocycles. The normalized spacial score (nSPS) is 12.0. The highest BCUT2D eigenvalue weighted by molar-refractivity contribution is 7.92. The quantitative estimate of drug-likeness (QED) is 0.229. The Morgan fingerprint density at radius 3 is 2.31 bits per heavy atom. The summed E-state index contributed by atoms with van der Waals surface area (Å²) < 4.78 is 34.7. The molecule has 8 nitrogen and oxygen atoms in total. The number of hydrogen-bond acceptors (Lipinski definition) is 5. The Morgan fingerprint density at radius 1 is 0.976 bits per heavy atom. The lowest BCUT2D eigenvalue weighted by molar-refractivity contribution is -0.140. The molecule has 3 rings (SSSR count). The molecule has 0 saturated carbocycles. The lowest BCUT2D eigenvalue weighted by Crippen LogP contribution is -2.52. The zero-order chi connectivity index (χ0) is 30.9. The fourth-order valence-corrected chi connectivity index (χ4v) is 6.22. The molecule has 0 spiro atoms. The van der Waals surface area contributed by atoms with Crippen molar-refractivity contribution in [3.8, 4) is 5.75 Å². The molecular formula is C32H40ClN3O5S. The van der Waals surface area contributed by atoms with Crippen molar-refractivity contribution in [2.45, 2.75) is 64.4 Å². The second kappa shape index (κ2) is 15.1. The molecule has 0 aliphatic heterocycles. The van der Waals surface area contributed by atoms with Crippen molar-refractivity contribution < 1.29 is 22.7 Å². The molecule has 1 N–H and O–H groups in total. The van der Waals surface area contributed by atoms with Gasteiger partial charge in [-0.25, -0.2) is 8.42 Å². The third-order valence-corrected chi connectivity index (χ3v) is 8.96. The first kappa shape index (κ1) is 32.9. The molecule has 0 bridgehead atoms. The number of anilines is 1. The molecule has 226 valence electrons. The molecule has 0 aliphatic carbocycles. The highest BCUT2D eigenvalue weighted by Crippen LogP contribution is 2.35. The second-order valence-corrected chi connectivity index (χ2v) is 12.5. The fraction of sp³-hybridized carbons (Fsp3) is 0.375. The van der Waals surface area contributed by atoms with Crippen LogP contribution in [-0.4, -0.2) is 51.4 Å². The number of carbonyl (C=O) groups is 2. The van der Waals surface area contributed by atoms with Crippen LogP contribution in [0.1, 0.15) is 49.8 Å². The van der Waals surface area contributed by atoms with Crippen LogP contribution in [-0.2, 0) is 26.2 Å².